The summed E-state index contributed by atoms with van der Waals surface area (Å²) in [7, 11) is 0. The predicted molar refractivity (Wildman–Crippen MR) is 169 cm³/mol. The van der Waals surface area contributed by atoms with E-state index in [1.165, 1.54) is 39.1 Å². The Hall–Kier alpha value is -4.10. The second-order valence-corrected chi connectivity index (χ2v) is 12.4. The summed E-state index contributed by atoms with van der Waals surface area (Å²) >= 11 is 0. The van der Waals surface area contributed by atoms with Crippen LogP contribution in [0.1, 0.15) is 52.7 Å². The van der Waals surface area contributed by atoms with E-state index in [-0.39, 0.29) is 10.8 Å². The Morgan fingerprint density at radius 3 is 1.13 bits per heavy atom. The number of benzene rings is 5. The van der Waals surface area contributed by atoms with Crippen molar-refractivity contribution in [3.8, 4) is 22.3 Å². The molecular formula is C38H39N. The maximum absolute atomic E-state index is 2.42. The van der Waals surface area contributed by atoms with Crippen LogP contribution in [0.25, 0.3) is 22.3 Å². The van der Waals surface area contributed by atoms with Crippen molar-refractivity contribution in [2.24, 2.45) is 0 Å². The first-order chi connectivity index (χ1) is 18.6. The third kappa shape index (κ3) is 5.99. The summed E-state index contributed by atoms with van der Waals surface area (Å²) in [6.45, 7) is 13.8. The molecule has 5 aromatic rings. The predicted octanol–water partition coefficient (Wildman–Crippen LogP) is 11.1. The molecule has 0 N–H and O–H groups in total. The molecule has 0 aliphatic carbocycles. The fraction of sp³-hybridized carbons (Fsp3) is 0.211. The smallest absolute Gasteiger partial charge is 0.0467 e. The lowest BCUT2D eigenvalue weighted by Gasteiger charge is -2.31. The van der Waals surface area contributed by atoms with Gasteiger partial charge in [-0.25, -0.2) is 0 Å². The van der Waals surface area contributed by atoms with Crippen LogP contribution >= 0.6 is 0 Å². The van der Waals surface area contributed by atoms with E-state index in [0.717, 1.165) is 11.4 Å². The lowest BCUT2D eigenvalue weighted by Crippen LogP contribution is -2.19. The van der Waals surface area contributed by atoms with Crippen LogP contribution in [-0.2, 0) is 10.8 Å². The second-order valence-electron chi connectivity index (χ2n) is 12.4. The summed E-state index contributed by atoms with van der Waals surface area (Å²) in [5.41, 5.74) is 11.1. The molecule has 1 heteroatoms. The molecule has 0 radical (unpaired) electrons. The Morgan fingerprint density at radius 1 is 0.359 bits per heavy atom. The zero-order valence-electron chi connectivity index (χ0n) is 24.1. The molecule has 0 saturated carbocycles. The van der Waals surface area contributed by atoms with E-state index in [1.807, 2.05) is 0 Å². The summed E-state index contributed by atoms with van der Waals surface area (Å²) in [5.74, 6) is 0. The van der Waals surface area contributed by atoms with Crippen molar-refractivity contribution < 1.29 is 0 Å². The van der Waals surface area contributed by atoms with E-state index in [1.54, 1.807) is 0 Å². The fourth-order valence-corrected chi connectivity index (χ4v) is 4.96. The van der Waals surface area contributed by atoms with Gasteiger partial charge in [0.05, 0.1) is 0 Å². The van der Waals surface area contributed by atoms with E-state index in [9.17, 15) is 0 Å². The van der Waals surface area contributed by atoms with Crippen molar-refractivity contribution in [2.45, 2.75) is 52.4 Å². The van der Waals surface area contributed by atoms with E-state index in [0.29, 0.717) is 0 Å². The first-order valence-electron chi connectivity index (χ1n) is 13.9. The summed E-state index contributed by atoms with van der Waals surface area (Å²) in [6, 6.07) is 46.2. The molecule has 0 fully saturated rings. The summed E-state index contributed by atoms with van der Waals surface area (Å²) in [5, 5.41) is 0. The molecule has 39 heavy (non-hydrogen) atoms. The zero-order chi connectivity index (χ0) is 27.6. The Balaban J connectivity index is 1.75. The number of hydrogen-bond donors (Lipinski definition) is 0. The molecule has 0 spiro atoms. The van der Waals surface area contributed by atoms with E-state index in [4.69, 9.17) is 0 Å². The molecule has 0 aromatic heterocycles. The molecule has 5 aromatic carbocycles. The highest BCUT2D eigenvalue weighted by molar-refractivity contribution is 5.82. The Kier molecular flexibility index (Phi) is 7.19. The van der Waals surface area contributed by atoms with Crippen LogP contribution in [0, 0.1) is 0 Å². The highest BCUT2D eigenvalue weighted by Gasteiger charge is 2.23. The monoisotopic (exact) mass is 509 g/mol. The molecule has 0 unspecified atom stereocenters. The Morgan fingerprint density at radius 2 is 0.744 bits per heavy atom. The van der Waals surface area contributed by atoms with Gasteiger partial charge >= 0.3 is 0 Å². The van der Waals surface area contributed by atoms with Crippen molar-refractivity contribution in [3.63, 3.8) is 0 Å². The van der Waals surface area contributed by atoms with Crippen LogP contribution in [-0.4, -0.2) is 0 Å². The first-order valence-corrected chi connectivity index (χ1v) is 13.9. The van der Waals surface area contributed by atoms with Crippen LogP contribution in [0.5, 0.6) is 0 Å². The molecule has 0 atom stereocenters. The lowest BCUT2D eigenvalue weighted by molar-refractivity contribution is 0.569. The van der Waals surface area contributed by atoms with Crippen LogP contribution in [0.3, 0.4) is 0 Å². The minimum atomic E-state index is 0.0272. The normalized spacial score (nSPS) is 11.8. The van der Waals surface area contributed by atoms with Gasteiger partial charge in [0.15, 0.2) is 0 Å². The number of hydrogen-bond acceptors (Lipinski definition) is 1. The summed E-state index contributed by atoms with van der Waals surface area (Å²) in [4.78, 5) is 2.42. The van der Waals surface area contributed by atoms with Gasteiger partial charge in [0.2, 0.25) is 0 Å². The quantitative estimate of drug-likeness (QED) is 0.228. The van der Waals surface area contributed by atoms with Gasteiger partial charge in [0.25, 0.3) is 0 Å². The maximum atomic E-state index is 2.42. The standard InChI is InChI=1S/C38H39N/c1-37(2,3)32-25-33(38(4,5)6)27-36(26-32)39(34-21-13-19-30(23-34)28-15-9-7-10-16-28)35-22-14-20-31(24-35)29-17-11-8-12-18-29/h7-27H,1-6H3. The van der Waals surface area contributed by atoms with E-state index >= 15 is 0 Å². The molecule has 0 aliphatic rings. The highest BCUT2D eigenvalue weighted by atomic mass is 15.1. The molecule has 0 heterocycles. The highest BCUT2D eigenvalue weighted by Crippen LogP contribution is 2.41. The third-order valence-corrected chi connectivity index (χ3v) is 7.33. The van der Waals surface area contributed by atoms with E-state index in [2.05, 4.69) is 174 Å². The van der Waals surface area contributed by atoms with Gasteiger partial charge in [-0.05, 0) is 80.6 Å². The van der Waals surface area contributed by atoms with Gasteiger partial charge in [-0.2, -0.15) is 0 Å². The number of rotatable bonds is 5. The van der Waals surface area contributed by atoms with Crippen molar-refractivity contribution in [1.82, 2.24) is 0 Å². The van der Waals surface area contributed by atoms with Gasteiger partial charge in [-0.15, -0.1) is 0 Å². The molecule has 0 amide bonds. The van der Waals surface area contributed by atoms with Crippen LogP contribution in [0.2, 0.25) is 0 Å². The number of nitrogens with zero attached hydrogens (tertiary/aromatic N) is 1. The average Bonchev–Trinajstić information content (AvgIpc) is 2.93. The van der Waals surface area contributed by atoms with Crippen molar-refractivity contribution >= 4 is 17.1 Å². The average molecular weight is 510 g/mol. The molecule has 5 rings (SSSR count). The molecule has 1 nitrogen and oxygen atoms in total. The van der Waals surface area contributed by atoms with Crippen molar-refractivity contribution in [1.29, 1.82) is 0 Å². The van der Waals surface area contributed by atoms with E-state index < -0.39 is 0 Å². The minimum absolute atomic E-state index is 0.0272. The second kappa shape index (κ2) is 10.6. The fourth-order valence-electron chi connectivity index (χ4n) is 4.96. The number of anilines is 3. The summed E-state index contributed by atoms with van der Waals surface area (Å²) < 4.78 is 0. The van der Waals surface area contributed by atoms with Gasteiger partial charge in [-0.3, -0.25) is 0 Å². The van der Waals surface area contributed by atoms with Crippen molar-refractivity contribution in [2.75, 3.05) is 4.90 Å². The topological polar surface area (TPSA) is 3.24 Å². The summed E-state index contributed by atoms with van der Waals surface area (Å²) in [6.07, 6.45) is 0. The van der Waals surface area contributed by atoms with Gasteiger partial charge in [0, 0.05) is 17.1 Å². The molecule has 0 aliphatic heterocycles. The largest absolute Gasteiger partial charge is 0.310 e. The van der Waals surface area contributed by atoms with Crippen LogP contribution in [0.4, 0.5) is 17.1 Å². The van der Waals surface area contributed by atoms with Crippen LogP contribution in [0.15, 0.2) is 127 Å². The minimum Gasteiger partial charge on any atom is -0.310 e. The van der Waals surface area contributed by atoms with Crippen molar-refractivity contribution in [3.05, 3.63) is 139 Å². The first kappa shape index (κ1) is 26.5. The SMILES string of the molecule is CC(C)(C)c1cc(N(c2cccc(-c3ccccc3)c2)c2cccc(-c3ccccc3)c2)cc(C(C)(C)C)c1. The molecule has 196 valence electrons. The van der Waals surface area contributed by atoms with Gasteiger partial charge in [-0.1, -0.05) is 133 Å². The van der Waals surface area contributed by atoms with Gasteiger partial charge in [0.1, 0.15) is 0 Å². The third-order valence-electron chi connectivity index (χ3n) is 7.33. The Bertz CT molecular complexity index is 1440. The molecule has 0 saturated heterocycles. The molecule has 0 bridgehead atoms. The zero-order valence-corrected chi connectivity index (χ0v) is 24.1. The van der Waals surface area contributed by atoms with Gasteiger partial charge < -0.3 is 4.90 Å². The lowest BCUT2D eigenvalue weighted by atomic mass is 9.80. The maximum Gasteiger partial charge on any atom is 0.0467 e. The molecular weight excluding hydrogens is 470 g/mol. The Labute approximate surface area is 234 Å². The van der Waals surface area contributed by atoms with Crippen LogP contribution < -0.4 is 4.90 Å².